The molecule has 1 unspecified atom stereocenters. The molecule has 1 amide bonds. The van der Waals surface area contributed by atoms with E-state index in [1.165, 1.54) is 6.20 Å². The summed E-state index contributed by atoms with van der Waals surface area (Å²) < 4.78 is 5.25. The van der Waals surface area contributed by atoms with E-state index >= 15 is 0 Å². The fourth-order valence-corrected chi connectivity index (χ4v) is 4.12. The van der Waals surface area contributed by atoms with Crippen molar-refractivity contribution in [2.24, 2.45) is 0 Å². The first-order valence-corrected chi connectivity index (χ1v) is 11.3. The Bertz CT molecular complexity index is 1150. The van der Waals surface area contributed by atoms with Gasteiger partial charge in [-0.05, 0) is 37.1 Å². The number of anilines is 3. The number of carbonyl (C=O) groups excluding carboxylic acids is 1. The third kappa shape index (κ3) is 5.02. The highest BCUT2D eigenvalue weighted by Crippen LogP contribution is 2.33. The zero-order chi connectivity index (χ0) is 24.1. The number of nitrogens with zero attached hydrogens (tertiary/aromatic N) is 6. The molecule has 0 saturated carbocycles. The van der Waals surface area contributed by atoms with Crippen molar-refractivity contribution in [3.05, 3.63) is 59.3 Å². The Balaban J connectivity index is 1.68. The van der Waals surface area contributed by atoms with Gasteiger partial charge in [0.15, 0.2) is 5.82 Å². The molecule has 10 nitrogen and oxygen atoms in total. The van der Waals surface area contributed by atoms with Crippen LogP contribution in [0, 0.1) is 0 Å². The minimum absolute atomic E-state index is 0.0158. The topological polar surface area (TPSA) is 117 Å². The number of aliphatic hydroxyl groups excluding tert-OH is 1. The highest BCUT2D eigenvalue weighted by molar-refractivity contribution is 6.32. The molecular formula is C23H26ClN7O3. The number of hydrogen-bond donors (Lipinski definition) is 2. The second-order valence-electron chi connectivity index (χ2n) is 7.80. The Labute approximate surface area is 202 Å². The minimum Gasteiger partial charge on any atom is -0.495 e. The van der Waals surface area contributed by atoms with Gasteiger partial charge in [-0.3, -0.25) is 4.79 Å². The smallest absolute Gasteiger partial charge is 0.257 e. The van der Waals surface area contributed by atoms with Gasteiger partial charge in [0.2, 0.25) is 5.95 Å². The zero-order valence-corrected chi connectivity index (χ0v) is 19.7. The van der Waals surface area contributed by atoms with Gasteiger partial charge < -0.3 is 25.0 Å². The molecule has 3 heterocycles. The summed E-state index contributed by atoms with van der Waals surface area (Å²) in [5, 5.41) is 13.0. The summed E-state index contributed by atoms with van der Waals surface area (Å²) in [4.78, 5) is 34.3. The zero-order valence-electron chi connectivity index (χ0n) is 19.0. The summed E-state index contributed by atoms with van der Waals surface area (Å²) >= 11 is 6.34. The van der Waals surface area contributed by atoms with Crippen molar-refractivity contribution < 1.29 is 14.6 Å². The number of benzene rings is 1. The molecule has 2 N–H and O–H groups in total. The maximum Gasteiger partial charge on any atom is 0.257 e. The SMILES string of the molecule is COc1ccc(N(C)c2nc(N3CCCC3CO)ncc2C(=O)NCc2ncccn2)cc1Cl. The van der Waals surface area contributed by atoms with E-state index in [4.69, 9.17) is 21.3 Å². The van der Waals surface area contributed by atoms with Gasteiger partial charge in [0.1, 0.15) is 17.1 Å². The molecule has 1 aromatic carbocycles. The van der Waals surface area contributed by atoms with Crippen molar-refractivity contribution >= 4 is 35.0 Å². The van der Waals surface area contributed by atoms with E-state index < -0.39 is 0 Å². The Morgan fingerprint density at radius 3 is 2.82 bits per heavy atom. The summed E-state index contributed by atoms with van der Waals surface area (Å²) in [6.07, 6.45) is 6.54. The van der Waals surface area contributed by atoms with E-state index in [1.807, 2.05) is 11.0 Å². The van der Waals surface area contributed by atoms with E-state index in [0.29, 0.717) is 28.4 Å². The van der Waals surface area contributed by atoms with Gasteiger partial charge >= 0.3 is 0 Å². The summed E-state index contributed by atoms with van der Waals surface area (Å²) in [5.41, 5.74) is 1.00. The van der Waals surface area contributed by atoms with Crippen LogP contribution in [0.2, 0.25) is 5.02 Å². The van der Waals surface area contributed by atoms with E-state index in [9.17, 15) is 9.90 Å². The predicted molar refractivity (Wildman–Crippen MR) is 129 cm³/mol. The molecule has 0 radical (unpaired) electrons. The van der Waals surface area contributed by atoms with Crippen molar-refractivity contribution in [1.29, 1.82) is 0 Å². The number of hydrogen-bond acceptors (Lipinski definition) is 9. The second-order valence-corrected chi connectivity index (χ2v) is 8.21. The molecule has 0 bridgehead atoms. The van der Waals surface area contributed by atoms with Crippen LogP contribution in [-0.2, 0) is 6.54 Å². The summed E-state index contributed by atoms with van der Waals surface area (Å²) in [6, 6.07) is 6.99. The molecule has 0 aliphatic carbocycles. The average Bonchev–Trinajstić information content (AvgIpc) is 3.36. The fraction of sp³-hybridized carbons (Fsp3) is 0.348. The number of amides is 1. The maximum atomic E-state index is 13.1. The van der Waals surface area contributed by atoms with Crippen molar-refractivity contribution in [1.82, 2.24) is 25.3 Å². The third-order valence-corrected chi connectivity index (χ3v) is 6.01. The van der Waals surface area contributed by atoms with E-state index in [0.717, 1.165) is 25.1 Å². The number of halogens is 1. The monoisotopic (exact) mass is 483 g/mol. The van der Waals surface area contributed by atoms with E-state index in [2.05, 4.69) is 20.3 Å². The van der Waals surface area contributed by atoms with Crippen LogP contribution >= 0.6 is 11.6 Å². The molecule has 1 saturated heterocycles. The van der Waals surface area contributed by atoms with Gasteiger partial charge in [-0.15, -0.1) is 0 Å². The van der Waals surface area contributed by atoms with Crippen LogP contribution in [0.25, 0.3) is 0 Å². The van der Waals surface area contributed by atoms with Crippen LogP contribution in [-0.4, -0.2) is 64.3 Å². The summed E-state index contributed by atoms with van der Waals surface area (Å²) in [7, 11) is 3.35. The van der Waals surface area contributed by atoms with E-state index in [-0.39, 0.29) is 30.7 Å². The Morgan fingerprint density at radius 2 is 2.12 bits per heavy atom. The molecule has 1 aliphatic rings. The largest absolute Gasteiger partial charge is 0.495 e. The van der Waals surface area contributed by atoms with Gasteiger partial charge in [-0.25, -0.2) is 15.0 Å². The lowest BCUT2D eigenvalue weighted by atomic mass is 10.2. The number of ether oxygens (including phenoxy) is 1. The number of carbonyl (C=O) groups is 1. The first-order chi connectivity index (χ1) is 16.5. The first kappa shape index (κ1) is 23.7. The number of aromatic nitrogens is 4. The molecule has 2 aromatic heterocycles. The predicted octanol–water partition coefficient (Wildman–Crippen LogP) is 2.59. The number of methoxy groups -OCH3 is 1. The molecular weight excluding hydrogens is 458 g/mol. The molecule has 11 heteroatoms. The van der Waals surface area contributed by atoms with Gasteiger partial charge in [0, 0.05) is 37.9 Å². The summed E-state index contributed by atoms with van der Waals surface area (Å²) in [6.45, 7) is 0.916. The lowest BCUT2D eigenvalue weighted by molar-refractivity contribution is 0.0949. The minimum atomic E-state index is -0.361. The van der Waals surface area contributed by atoms with Crippen LogP contribution in [0.15, 0.2) is 42.9 Å². The van der Waals surface area contributed by atoms with Crippen LogP contribution < -0.4 is 19.9 Å². The summed E-state index contributed by atoms with van der Waals surface area (Å²) in [5.74, 6) is 1.54. The number of aliphatic hydroxyl groups is 1. The van der Waals surface area contributed by atoms with Gasteiger partial charge in [0.25, 0.3) is 5.91 Å². The van der Waals surface area contributed by atoms with Crippen molar-refractivity contribution in [2.45, 2.75) is 25.4 Å². The Hall–Kier alpha value is -3.50. The van der Waals surface area contributed by atoms with Crippen LogP contribution in [0.1, 0.15) is 29.0 Å². The van der Waals surface area contributed by atoms with Crippen molar-refractivity contribution in [2.75, 3.05) is 37.1 Å². The quantitative estimate of drug-likeness (QED) is 0.498. The standard InChI is InChI=1S/C23H26ClN7O3/c1-30(15-6-7-19(34-2)18(24)11-15)21-17(22(33)27-13-20-25-8-4-9-26-20)12-28-23(29-21)31-10-3-5-16(31)14-32/h4,6-9,11-12,16,32H,3,5,10,13-14H2,1-2H3,(H,27,33). The Kier molecular flexibility index (Phi) is 7.39. The lowest BCUT2D eigenvalue weighted by Gasteiger charge is -2.26. The lowest BCUT2D eigenvalue weighted by Crippen LogP contribution is -2.34. The highest BCUT2D eigenvalue weighted by Gasteiger charge is 2.28. The van der Waals surface area contributed by atoms with Crippen LogP contribution in [0.3, 0.4) is 0 Å². The number of rotatable bonds is 8. The van der Waals surface area contributed by atoms with Crippen molar-refractivity contribution in [3.8, 4) is 5.75 Å². The van der Waals surface area contributed by atoms with E-state index in [1.54, 1.807) is 49.7 Å². The normalized spacial score (nSPS) is 15.3. The fourth-order valence-electron chi connectivity index (χ4n) is 3.87. The number of nitrogens with one attached hydrogen (secondary N) is 1. The highest BCUT2D eigenvalue weighted by atomic mass is 35.5. The average molecular weight is 484 g/mol. The second kappa shape index (κ2) is 10.6. The van der Waals surface area contributed by atoms with Gasteiger partial charge in [-0.1, -0.05) is 11.6 Å². The molecule has 1 atom stereocenters. The van der Waals surface area contributed by atoms with Gasteiger partial charge in [0.05, 0.1) is 31.3 Å². The molecule has 34 heavy (non-hydrogen) atoms. The third-order valence-electron chi connectivity index (χ3n) is 5.71. The maximum absolute atomic E-state index is 13.1. The molecule has 4 rings (SSSR count). The van der Waals surface area contributed by atoms with Crippen molar-refractivity contribution in [3.63, 3.8) is 0 Å². The molecule has 178 valence electrons. The molecule has 3 aromatic rings. The van der Waals surface area contributed by atoms with Crippen LogP contribution in [0.5, 0.6) is 5.75 Å². The van der Waals surface area contributed by atoms with Gasteiger partial charge in [-0.2, -0.15) is 4.98 Å². The Morgan fingerprint density at radius 1 is 1.32 bits per heavy atom. The molecule has 1 fully saturated rings. The first-order valence-electron chi connectivity index (χ1n) is 10.9. The molecule has 0 spiro atoms. The van der Waals surface area contributed by atoms with Crippen LogP contribution in [0.4, 0.5) is 17.5 Å². The molecule has 1 aliphatic heterocycles.